The van der Waals surface area contributed by atoms with Gasteiger partial charge in [-0.3, -0.25) is 19.2 Å². The predicted molar refractivity (Wildman–Crippen MR) is 228 cm³/mol. The first-order chi connectivity index (χ1) is 27.6. The largest absolute Gasteiger partial charge is 0.490 e. The zero-order valence-electron chi connectivity index (χ0n) is 37.4. The van der Waals surface area contributed by atoms with Gasteiger partial charge < -0.3 is 24.6 Å². The van der Waals surface area contributed by atoms with Crippen LogP contribution in [0.2, 0.25) is 5.02 Å². The standard InChI is InChI=1S/C49H70ClNO8/c1-28(2)39-34(52)27-49(21-22-51-41(53)30-12-11-29(50)25-35(30)58-24-23-57-10)20-19-47(8)31(40(39)49)13-14-37-46(7)17-16-38(45(5,6)36(46)15-18-48(37,47)9)59-43(56)33-26-32(42(54)55)44(33,3)4/h11-12,25,28,31-33,36-38H,13-24,26-27H2,1-10H3,(H,51,53)(H,54,55)/t31-,32+,33-,36+,37-,38+,46+,47-,48-,49-/m1/s1. The molecule has 5 fully saturated rings. The quantitative estimate of drug-likeness (QED) is 0.157. The van der Waals surface area contributed by atoms with E-state index in [9.17, 15) is 24.3 Å². The van der Waals surface area contributed by atoms with Crippen molar-refractivity contribution in [3.8, 4) is 5.75 Å². The molecule has 0 aromatic heterocycles. The number of esters is 1. The number of nitrogens with one attached hydrogen (secondary N) is 1. The van der Waals surface area contributed by atoms with E-state index in [1.54, 1.807) is 25.3 Å². The lowest BCUT2D eigenvalue weighted by atomic mass is 9.33. The van der Waals surface area contributed by atoms with E-state index in [-0.39, 0.29) is 56.9 Å². The van der Waals surface area contributed by atoms with Gasteiger partial charge in [0, 0.05) is 35.9 Å². The second-order valence-corrected chi connectivity index (χ2v) is 22.2. The second kappa shape index (κ2) is 15.5. The first kappa shape index (κ1) is 44.2. The van der Waals surface area contributed by atoms with Crippen molar-refractivity contribution in [2.24, 2.45) is 68.0 Å². The molecule has 0 bridgehead atoms. The number of ketones is 1. The predicted octanol–water partition coefficient (Wildman–Crippen LogP) is 10.1. The van der Waals surface area contributed by atoms with Gasteiger partial charge in [0.25, 0.3) is 5.91 Å². The molecule has 10 heteroatoms. The van der Waals surface area contributed by atoms with Crippen LogP contribution in [0.5, 0.6) is 5.75 Å². The molecular formula is C49H70ClNO8. The monoisotopic (exact) mass is 835 g/mol. The smallest absolute Gasteiger partial charge is 0.309 e. The van der Waals surface area contributed by atoms with Crippen LogP contribution in [-0.2, 0) is 23.9 Å². The summed E-state index contributed by atoms with van der Waals surface area (Å²) in [5.41, 5.74) is 1.94. The third kappa shape index (κ3) is 6.89. The molecule has 1 aromatic carbocycles. The minimum absolute atomic E-state index is 0.0123. The van der Waals surface area contributed by atoms with Crippen molar-refractivity contribution in [1.82, 2.24) is 5.32 Å². The summed E-state index contributed by atoms with van der Waals surface area (Å²) < 4.78 is 17.4. The van der Waals surface area contributed by atoms with E-state index in [2.05, 4.69) is 53.8 Å². The molecule has 5 saturated carbocycles. The number of methoxy groups -OCH3 is 1. The summed E-state index contributed by atoms with van der Waals surface area (Å²) in [6, 6.07) is 5.07. The number of carbonyl (C=O) groups excluding carboxylic acids is 3. The molecular weight excluding hydrogens is 766 g/mol. The Kier molecular flexibility index (Phi) is 11.6. The van der Waals surface area contributed by atoms with Crippen LogP contribution in [0.4, 0.5) is 0 Å². The van der Waals surface area contributed by atoms with Gasteiger partial charge in [-0.15, -0.1) is 0 Å². The molecule has 1 aromatic rings. The summed E-state index contributed by atoms with van der Waals surface area (Å²) in [6.07, 6.45) is 9.53. The number of carbonyl (C=O) groups is 4. The number of amides is 1. The van der Waals surface area contributed by atoms with Crippen LogP contribution in [0.1, 0.15) is 143 Å². The Morgan fingerprint density at radius 2 is 1.61 bits per heavy atom. The van der Waals surface area contributed by atoms with Gasteiger partial charge in [-0.05, 0) is 133 Å². The van der Waals surface area contributed by atoms with Gasteiger partial charge in [-0.1, -0.05) is 79.5 Å². The van der Waals surface area contributed by atoms with Gasteiger partial charge in [0.2, 0.25) is 0 Å². The summed E-state index contributed by atoms with van der Waals surface area (Å²) >= 11 is 6.27. The molecule has 1 amide bonds. The molecule has 6 aliphatic carbocycles. The number of carboxylic acid groups (broad SMARTS) is 1. The number of ether oxygens (including phenoxy) is 3. The lowest BCUT2D eigenvalue weighted by Crippen LogP contribution is -2.66. The Hall–Kier alpha value is -2.91. The lowest BCUT2D eigenvalue weighted by molar-refractivity contribution is -0.236. The van der Waals surface area contributed by atoms with E-state index in [1.807, 2.05) is 13.8 Å². The maximum absolute atomic E-state index is 14.2. The molecule has 0 saturated heterocycles. The zero-order chi connectivity index (χ0) is 43.1. The fourth-order valence-electron chi connectivity index (χ4n) is 14.8. The van der Waals surface area contributed by atoms with Crippen molar-refractivity contribution in [1.29, 1.82) is 0 Å². The maximum atomic E-state index is 14.2. The van der Waals surface area contributed by atoms with Crippen LogP contribution in [0.15, 0.2) is 29.3 Å². The van der Waals surface area contributed by atoms with Crippen LogP contribution in [0.3, 0.4) is 0 Å². The summed E-state index contributed by atoms with van der Waals surface area (Å²) in [5.74, 6) is -0.135. The molecule has 59 heavy (non-hydrogen) atoms. The molecule has 6 aliphatic rings. The van der Waals surface area contributed by atoms with Gasteiger partial charge in [0.05, 0.1) is 24.0 Å². The fourth-order valence-corrected chi connectivity index (χ4v) is 14.9. The summed E-state index contributed by atoms with van der Waals surface area (Å²) in [5, 5.41) is 13.4. The number of carboxylic acids is 1. The average Bonchev–Trinajstić information content (AvgIpc) is 3.44. The summed E-state index contributed by atoms with van der Waals surface area (Å²) in [7, 11) is 1.60. The van der Waals surface area contributed by atoms with Crippen LogP contribution >= 0.6 is 11.6 Å². The van der Waals surface area contributed by atoms with Gasteiger partial charge in [0.15, 0.2) is 5.78 Å². The fraction of sp³-hybridized carbons (Fsp3) is 0.755. The molecule has 0 unspecified atom stereocenters. The van der Waals surface area contributed by atoms with E-state index in [1.165, 1.54) is 5.57 Å². The van der Waals surface area contributed by atoms with E-state index in [4.69, 9.17) is 25.8 Å². The van der Waals surface area contributed by atoms with Crippen molar-refractivity contribution in [2.45, 2.75) is 139 Å². The highest BCUT2D eigenvalue weighted by molar-refractivity contribution is 6.30. The topological polar surface area (TPSA) is 128 Å². The van der Waals surface area contributed by atoms with Gasteiger partial charge in [-0.25, -0.2) is 0 Å². The Morgan fingerprint density at radius 3 is 2.27 bits per heavy atom. The van der Waals surface area contributed by atoms with Crippen LogP contribution in [0.25, 0.3) is 0 Å². The van der Waals surface area contributed by atoms with Crippen LogP contribution in [-0.4, -0.2) is 61.7 Å². The van der Waals surface area contributed by atoms with E-state index < -0.39 is 17.3 Å². The molecule has 2 N–H and O–H groups in total. The lowest BCUT2D eigenvalue weighted by Gasteiger charge is -2.72. The van der Waals surface area contributed by atoms with Crippen molar-refractivity contribution >= 4 is 35.2 Å². The minimum atomic E-state index is -0.834. The van der Waals surface area contributed by atoms with Crippen molar-refractivity contribution in [3.63, 3.8) is 0 Å². The Morgan fingerprint density at radius 1 is 0.881 bits per heavy atom. The third-order valence-electron chi connectivity index (χ3n) is 18.2. The Bertz CT molecular complexity index is 1900. The van der Waals surface area contributed by atoms with Crippen molar-refractivity contribution < 1.29 is 38.5 Å². The molecule has 0 heterocycles. The number of fused-ring (bicyclic) bond motifs is 7. The average molecular weight is 837 g/mol. The second-order valence-electron chi connectivity index (χ2n) is 21.8. The number of benzene rings is 1. The molecule has 0 radical (unpaired) electrons. The molecule has 0 spiro atoms. The van der Waals surface area contributed by atoms with Crippen molar-refractivity contribution in [3.05, 3.63) is 39.9 Å². The SMILES string of the molecule is COCCOc1cc(Cl)ccc1C(=O)NCC[C@@]12CC[C@]3(C)[C@H](CC[C@@H]4[C@@]5(C)CC[C@H](OC(=O)[C@H]6C[C@@H](C(=O)O)C6(C)C)C(C)(C)[C@@H]5CC[C@]43C)C1=C(C(C)C)C(=O)C2. The van der Waals surface area contributed by atoms with Crippen LogP contribution < -0.4 is 10.1 Å². The van der Waals surface area contributed by atoms with Gasteiger partial charge >= 0.3 is 11.9 Å². The first-order valence-corrected chi connectivity index (χ1v) is 22.9. The number of allylic oxidation sites excluding steroid dienone is 2. The molecule has 0 aliphatic heterocycles. The Balaban J connectivity index is 1.10. The number of halogens is 1. The molecule has 7 rings (SSSR count). The van der Waals surface area contributed by atoms with E-state index in [0.29, 0.717) is 72.5 Å². The number of Topliss-reactive ketones (excluding diaryl/α,β-unsaturated/α-hetero) is 1. The van der Waals surface area contributed by atoms with Crippen molar-refractivity contribution in [2.75, 3.05) is 26.9 Å². The number of rotatable bonds is 12. The van der Waals surface area contributed by atoms with E-state index in [0.717, 1.165) is 63.4 Å². The number of hydrogen-bond donors (Lipinski definition) is 2. The summed E-state index contributed by atoms with van der Waals surface area (Å²) in [6.45, 7) is 21.6. The minimum Gasteiger partial charge on any atom is -0.490 e. The number of hydrogen-bond acceptors (Lipinski definition) is 7. The van der Waals surface area contributed by atoms with E-state index >= 15 is 0 Å². The molecule has 326 valence electrons. The zero-order valence-corrected chi connectivity index (χ0v) is 38.1. The third-order valence-corrected chi connectivity index (χ3v) is 18.5. The Labute approximate surface area is 357 Å². The highest BCUT2D eigenvalue weighted by atomic mass is 35.5. The molecule has 9 nitrogen and oxygen atoms in total. The van der Waals surface area contributed by atoms with Crippen LogP contribution in [0, 0.1) is 68.0 Å². The number of aliphatic carboxylic acids is 1. The normalized spacial score (nSPS) is 38.0. The van der Waals surface area contributed by atoms with Gasteiger partial charge in [0.1, 0.15) is 18.5 Å². The highest BCUT2D eigenvalue weighted by Gasteiger charge is 2.70. The van der Waals surface area contributed by atoms with Gasteiger partial charge in [-0.2, -0.15) is 0 Å². The highest BCUT2D eigenvalue weighted by Crippen LogP contribution is 2.77. The summed E-state index contributed by atoms with van der Waals surface area (Å²) in [4.78, 5) is 53.3. The molecule has 10 atom stereocenters. The first-order valence-electron chi connectivity index (χ1n) is 22.5. The maximum Gasteiger partial charge on any atom is 0.309 e.